The van der Waals surface area contributed by atoms with Crippen molar-refractivity contribution in [2.24, 2.45) is 0 Å². The van der Waals surface area contributed by atoms with Crippen LogP contribution in [0.25, 0.3) is 0 Å². The highest BCUT2D eigenvalue weighted by Crippen LogP contribution is 2.21. The van der Waals surface area contributed by atoms with Crippen molar-refractivity contribution in [1.29, 1.82) is 0 Å². The van der Waals surface area contributed by atoms with E-state index < -0.39 is 11.9 Å². The summed E-state index contributed by atoms with van der Waals surface area (Å²) >= 11 is 0. The minimum absolute atomic E-state index is 0.147. The molecule has 25 heavy (non-hydrogen) atoms. The molecule has 6 nitrogen and oxygen atoms in total. The van der Waals surface area contributed by atoms with Crippen LogP contribution in [0.15, 0.2) is 36.4 Å². The quantitative estimate of drug-likeness (QED) is 0.864. The third kappa shape index (κ3) is 4.03. The van der Waals surface area contributed by atoms with Gasteiger partial charge in [-0.3, -0.25) is 4.79 Å². The summed E-state index contributed by atoms with van der Waals surface area (Å²) < 4.78 is 9.40. The van der Waals surface area contributed by atoms with Crippen LogP contribution in [-0.2, 0) is 9.47 Å². The zero-order valence-corrected chi connectivity index (χ0v) is 14.5. The molecule has 2 aromatic rings. The smallest absolute Gasteiger partial charge is 0.339 e. The minimum atomic E-state index is -0.618. The van der Waals surface area contributed by atoms with Gasteiger partial charge in [0.15, 0.2) is 0 Å². The summed E-state index contributed by atoms with van der Waals surface area (Å²) in [6.07, 6.45) is 0. The van der Waals surface area contributed by atoms with Crippen LogP contribution in [0.2, 0.25) is 0 Å². The number of carbonyl (C=O) groups excluding carboxylic acids is 3. The molecular weight excluding hydrogens is 322 g/mol. The Morgan fingerprint density at radius 3 is 2.08 bits per heavy atom. The van der Waals surface area contributed by atoms with Crippen LogP contribution >= 0.6 is 0 Å². The Labute approximate surface area is 145 Å². The molecule has 0 aliphatic heterocycles. The monoisotopic (exact) mass is 341 g/mol. The van der Waals surface area contributed by atoms with Crippen molar-refractivity contribution >= 4 is 23.5 Å². The molecule has 2 aromatic carbocycles. The number of rotatable bonds is 4. The van der Waals surface area contributed by atoms with Gasteiger partial charge in [0.2, 0.25) is 0 Å². The largest absolute Gasteiger partial charge is 0.465 e. The third-order valence-corrected chi connectivity index (χ3v) is 3.72. The highest BCUT2D eigenvalue weighted by molar-refractivity contribution is 6.09. The lowest BCUT2D eigenvalue weighted by molar-refractivity contribution is 0.0587. The van der Waals surface area contributed by atoms with Crippen molar-refractivity contribution in [3.8, 4) is 0 Å². The molecule has 0 aromatic heterocycles. The van der Waals surface area contributed by atoms with Crippen LogP contribution in [0.5, 0.6) is 0 Å². The van der Waals surface area contributed by atoms with Crippen molar-refractivity contribution in [3.63, 3.8) is 0 Å². The summed E-state index contributed by atoms with van der Waals surface area (Å²) in [6, 6.07) is 9.66. The summed E-state index contributed by atoms with van der Waals surface area (Å²) in [5, 5.41) is 2.67. The lowest BCUT2D eigenvalue weighted by atomic mass is 10.0. The molecule has 0 atom stereocenters. The molecule has 1 N–H and O–H groups in total. The lowest BCUT2D eigenvalue weighted by Crippen LogP contribution is -2.17. The maximum absolute atomic E-state index is 12.6. The van der Waals surface area contributed by atoms with Gasteiger partial charge in [-0.15, -0.1) is 0 Å². The van der Waals surface area contributed by atoms with E-state index in [4.69, 9.17) is 4.74 Å². The highest BCUT2D eigenvalue weighted by Gasteiger charge is 2.18. The third-order valence-electron chi connectivity index (χ3n) is 3.72. The Balaban J connectivity index is 2.42. The van der Waals surface area contributed by atoms with Gasteiger partial charge >= 0.3 is 11.9 Å². The van der Waals surface area contributed by atoms with Crippen LogP contribution in [0.3, 0.4) is 0 Å². The van der Waals surface area contributed by atoms with Gasteiger partial charge in [-0.05, 0) is 43.7 Å². The Bertz CT molecular complexity index is 842. The number of amides is 1. The molecule has 0 bridgehead atoms. The van der Waals surface area contributed by atoms with E-state index in [1.807, 2.05) is 26.0 Å². The van der Waals surface area contributed by atoms with Crippen molar-refractivity contribution in [2.75, 3.05) is 19.5 Å². The maximum Gasteiger partial charge on any atom is 0.339 e. The van der Waals surface area contributed by atoms with Crippen LogP contribution in [0.4, 0.5) is 5.69 Å². The van der Waals surface area contributed by atoms with Crippen molar-refractivity contribution in [2.45, 2.75) is 13.8 Å². The number of carbonyl (C=O) groups is 3. The second-order valence-corrected chi connectivity index (χ2v) is 5.52. The Kier molecular flexibility index (Phi) is 5.54. The van der Waals surface area contributed by atoms with Crippen molar-refractivity contribution < 1.29 is 23.9 Å². The van der Waals surface area contributed by atoms with Gasteiger partial charge < -0.3 is 14.8 Å². The van der Waals surface area contributed by atoms with E-state index in [1.165, 1.54) is 32.4 Å². The molecule has 0 heterocycles. The van der Waals surface area contributed by atoms with Gasteiger partial charge in [0.05, 0.1) is 31.0 Å². The summed E-state index contributed by atoms with van der Waals surface area (Å²) in [4.78, 5) is 36.2. The zero-order valence-electron chi connectivity index (χ0n) is 14.5. The number of hydrogen-bond acceptors (Lipinski definition) is 5. The van der Waals surface area contributed by atoms with E-state index in [9.17, 15) is 14.4 Å². The highest BCUT2D eigenvalue weighted by atomic mass is 16.5. The predicted molar refractivity (Wildman–Crippen MR) is 93.0 cm³/mol. The fourth-order valence-electron chi connectivity index (χ4n) is 2.44. The SMILES string of the molecule is COC(=O)c1ccc(C(=O)OC)c(NC(=O)c2ccc(C)cc2C)c1. The molecule has 1 amide bonds. The van der Waals surface area contributed by atoms with Crippen molar-refractivity contribution in [3.05, 3.63) is 64.2 Å². The molecule has 0 fully saturated rings. The van der Waals surface area contributed by atoms with E-state index >= 15 is 0 Å². The zero-order chi connectivity index (χ0) is 18.6. The first-order valence-corrected chi connectivity index (χ1v) is 7.56. The Hall–Kier alpha value is -3.15. The molecule has 0 unspecified atom stereocenters. The second kappa shape index (κ2) is 7.61. The van der Waals surface area contributed by atoms with Gasteiger partial charge in [0.1, 0.15) is 0 Å². The summed E-state index contributed by atoms with van der Waals surface area (Å²) in [7, 11) is 2.50. The molecule has 130 valence electrons. The summed E-state index contributed by atoms with van der Waals surface area (Å²) in [6.45, 7) is 3.76. The molecule has 0 saturated heterocycles. The van der Waals surface area contributed by atoms with Crippen LogP contribution < -0.4 is 5.32 Å². The lowest BCUT2D eigenvalue weighted by Gasteiger charge is -2.13. The molecule has 0 saturated carbocycles. The van der Waals surface area contributed by atoms with Crippen LogP contribution in [0.1, 0.15) is 42.2 Å². The molecule has 2 rings (SSSR count). The molecule has 0 aliphatic rings. The number of hydrogen-bond donors (Lipinski definition) is 1. The van der Waals surface area contributed by atoms with E-state index in [1.54, 1.807) is 6.07 Å². The van der Waals surface area contributed by atoms with Crippen LogP contribution in [-0.4, -0.2) is 32.1 Å². The van der Waals surface area contributed by atoms with E-state index in [0.29, 0.717) is 5.56 Å². The Morgan fingerprint density at radius 1 is 0.840 bits per heavy atom. The normalized spacial score (nSPS) is 10.1. The average molecular weight is 341 g/mol. The first-order valence-electron chi connectivity index (χ1n) is 7.56. The molecule has 0 radical (unpaired) electrons. The Morgan fingerprint density at radius 2 is 1.48 bits per heavy atom. The van der Waals surface area contributed by atoms with Gasteiger partial charge in [-0.25, -0.2) is 9.59 Å². The maximum atomic E-state index is 12.6. The summed E-state index contributed by atoms with van der Waals surface area (Å²) in [5.74, 6) is -1.57. The number of ether oxygens (including phenoxy) is 2. The number of aryl methyl sites for hydroxylation is 2. The first-order chi connectivity index (χ1) is 11.9. The molecule has 0 spiro atoms. The molecule has 6 heteroatoms. The van der Waals surface area contributed by atoms with Crippen LogP contribution in [0, 0.1) is 13.8 Å². The van der Waals surface area contributed by atoms with E-state index in [0.717, 1.165) is 11.1 Å². The second-order valence-electron chi connectivity index (χ2n) is 5.52. The topological polar surface area (TPSA) is 81.7 Å². The fourth-order valence-corrected chi connectivity index (χ4v) is 2.44. The summed E-state index contributed by atoms with van der Waals surface area (Å²) in [5.41, 5.74) is 2.86. The van der Waals surface area contributed by atoms with E-state index in [2.05, 4.69) is 10.1 Å². The average Bonchev–Trinajstić information content (AvgIpc) is 2.60. The number of anilines is 1. The predicted octanol–water partition coefficient (Wildman–Crippen LogP) is 3.13. The van der Waals surface area contributed by atoms with Gasteiger partial charge in [-0.1, -0.05) is 17.7 Å². The van der Waals surface area contributed by atoms with Gasteiger partial charge in [-0.2, -0.15) is 0 Å². The fraction of sp³-hybridized carbons (Fsp3) is 0.211. The minimum Gasteiger partial charge on any atom is -0.465 e. The number of nitrogens with one attached hydrogen (secondary N) is 1. The van der Waals surface area contributed by atoms with Gasteiger partial charge in [0.25, 0.3) is 5.91 Å². The number of methoxy groups -OCH3 is 2. The number of benzene rings is 2. The number of esters is 2. The molecular formula is C19H19NO5. The standard InChI is InChI=1S/C19H19NO5/c1-11-5-7-14(12(2)9-11)17(21)20-16-10-13(18(22)24-3)6-8-15(16)19(23)25-4/h5-10H,1-4H3,(H,20,21). The van der Waals surface area contributed by atoms with Gasteiger partial charge in [0, 0.05) is 5.56 Å². The van der Waals surface area contributed by atoms with E-state index in [-0.39, 0.29) is 22.7 Å². The first kappa shape index (κ1) is 18.2. The van der Waals surface area contributed by atoms with Crippen molar-refractivity contribution in [1.82, 2.24) is 0 Å². The molecule has 0 aliphatic carbocycles.